The molecule has 0 spiro atoms. The van der Waals surface area contributed by atoms with Gasteiger partial charge < -0.3 is 9.73 Å². The second-order valence-electron chi connectivity index (χ2n) is 5.82. The van der Waals surface area contributed by atoms with Crippen LogP contribution in [0, 0.1) is 5.92 Å². The number of nitrogens with one attached hydrogen (secondary N) is 1. The fourth-order valence-electron chi connectivity index (χ4n) is 2.85. The van der Waals surface area contributed by atoms with E-state index in [1.54, 1.807) is 0 Å². The number of benzene rings is 1. The fraction of sp³-hybridized carbons (Fsp3) is 0.438. The van der Waals surface area contributed by atoms with Crippen molar-refractivity contribution < 1.29 is 17.6 Å². The van der Waals surface area contributed by atoms with E-state index in [1.807, 2.05) is 30.3 Å². The minimum atomic E-state index is -2.91. The molecule has 0 saturated carbocycles. The molecule has 1 amide bonds. The first-order valence-corrected chi connectivity index (χ1v) is 9.28. The van der Waals surface area contributed by atoms with E-state index in [4.69, 9.17) is 4.42 Å². The quantitative estimate of drug-likeness (QED) is 0.913. The van der Waals surface area contributed by atoms with Gasteiger partial charge in [0.2, 0.25) is 5.91 Å². The van der Waals surface area contributed by atoms with Crippen LogP contribution < -0.4 is 5.32 Å². The van der Waals surface area contributed by atoms with Crippen LogP contribution in [0.5, 0.6) is 0 Å². The largest absolute Gasteiger partial charge is 0.461 e. The number of para-hydroxylation sites is 1. The number of carbonyl (C=O) groups excluding carboxylic acids is 1. The van der Waals surface area contributed by atoms with Crippen molar-refractivity contribution >= 4 is 26.7 Å². The standard InChI is InChI=1S/C16H19NO4S/c18-16(9-12-6-8-22(19,20)11-12)17-7-5-14-10-13-3-1-2-4-15(13)21-14/h1-4,10,12H,5-9,11H2,(H,17,18)/t12-/m1/s1. The summed E-state index contributed by atoms with van der Waals surface area (Å²) in [5.74, 6) is 1.08. The van der Waals surface area contributed by atoms with Crippen molar-refractivity contribution in [2.24, 2.45) is 5.92 Å². The summed E-state index contributed by atoms with van der Waals surface area (Å²) < 4.78 is 28.4. The Morgan fingerprint density at radius 2 is 2.14 bits per heavy atom. The van der Waals surface area contributed by atoms with Gasteiger partial charge in [0.1, 0.15) is 11.3 Å². The molecule has 5 nitrogen and oxygen atoms in total. The normalized spacial score (nSPS) is 20.3. The Kier molecular flexibility index (Phi) is 4.20. The lowest BCUT2D eigenvalue weighted by Crippen LogP contribution is -2.27. The predicted octanol–water partition coefficient (Wildman–Crippen LogP) is 1.92. The van der Waals surface area contributed by atoms with Crippen LogP contribution in [-0.4, -0.2) is 32.4 Å². The number of fused-ring (bicyclic) bond motifs is 1. The van der Waals surface area contributed by atoms with Gasteiger partial charge in [-0.25, -0.2) is 8.42 Å². The number of hydrogen-bond acceptors (Lipinski definition) is 4. The number of sulfone groups is 1. The fourth-order valence-corrected chi connectivity index (χ4v) is 4.71. The number of rotatable bonds is 5. The van der Waals surface area contributed by atoms with E-state index in [2.05, 4.69) is 5.32 Å². The van der Waals surface area contributed by atoms with Gasteiger partial charge in [-0.15, -0.1) is 0 Å². The van der Waals surface area contributed by atoms with E-state index in [9.17, 15) is 13.2 Å². The van der Waals surface area contributed by atoms with Gasteiger partial charge in [-0.2, -0.15) is 0 Å². The Morgan fingerprint density at radius 1 is 1.32 bits per heavy atom. The molecule has 1 aliphatic heterocycles. The van der Waals surface area contributed by atoms with Crippen LogP contribution >= 0.6 is 0 Å². The van der Waals surface area contributed by atoms with Crippen molar-refractivity contribution in [1.82, 2.24) is 5.32 Å². The van der Waals surface area contributed by atoms with E-state index in [-0.39, 0.29) is 23.3 Å². The van der Waals surface area contributed by atoms with Crippen molar-refractivity contribution in [3.05, 3.63) is 36.1 Å². The Bertz CT molecular complexity index is 745. The van der Waals surface area contributed by atoms with Gasteiger partial charge in [0.15, 0.2) is 9.84 Å². The summed E-state index contributed by atoms with van der Waals surface area (Å²) in [6.45, 7) is 0.498. The van der Waals surface area contributed by atoms with Crippen molar-refractivity contribution in [3.8, 4) is 0 Å². The highest BCUT2D eigenvalue weighted by atomic mass is 32.2. The molecule has 0 bridgehead atoms. The molecule has 1 aromatic carbocycles. The zero-order valence-electron chi connectivity index (χ0n) is 12.2. The molecule has 0 aliphatic carbocycles. The van der Waals surface area contributed by atoms with E-state index < -0.39 is 9.84 Å². The number of carbonyl (C=O) groups is 1. The third-order valence-electron chi connectivity index (χ3n) is 3.97. The van der Waals surface area contributed by atoms with Gasteiger partial charge >= 0.3 is 0 Å². The first kappa shape index (κ1) is 15.1. The first-order valence-electron chi connectivity index (χ1n) is 7.46. The monoisotopic (exact) mass is 321 g/mol. The van der Waals surface area contributed by atoms with Gasteiger partial charge in [-0.1, -0.05) is 18.2 Å². The number of amides is 1. The number of hydrogen-bond donors (Lipinski definition) is 1. The van der Waals surface area contributed by atoms with Gasteiger partial charge in [0, 0.05) is 24.8 Å². The molecular weight excluding hydrogens is 302 g/mol. The first-order chi connectivity index (χ1) is 10.5. The molecule has 118 valence electrons. The van der Waals surface area contributed by atoms with E-state index >= 15 is 0 Å². The van der Waals surface area contributed by atoms with E-state index in [0.29, 0.717) is 25.8 Å². The zero-order valence-corrected chi connectivity index (χ0v) is 13.1. The van der Waals surface area contributed by atoms with E-state index in [1.165, 1.54) is 0 Å². The molecule has 2 heterocycles. The maximum absolute atomic E-state index is 11.8. The Morgan fingerprint density at radius 3 is 2.86 bits per heavy atom. The zero-order chi connectivity index (χ0) is 15.6. The molecular formula is C16H19NO4S. The molecule has 0 unspecified atom stereocenters. The lowest BCUT2D eigenvalue weighted by molar-refractivity contribution is -0.121. The van der Waals surface area contributed by atoms with Crippen LogP contribution in [0.2, 0.25) is 0 Å². The Labute approximate surface area is 129 Å². The molecule has 0 radical (unpaired) electrons. The highest BCUT2D eigenvalue weighted by Crippen LogP contribution is 2.21. The summed E-state index contributed by atoms with van der Waals surface area (Å²) in [4.78, 5) is 11.8. The van der Waals surface area contributed by atoms with Crippen LogP contribution in [0.25, 0.3) is 11.0 Å². The van der Waals surface area contributed by atoms with Crippen molar-refractivity contribution in [3.63, 3.8) is 0 Å². The van der Waals surface area contributed by atoms with Crippen molar-refractivity contribution in [2.75, 3.05) is 18.1 Å². The van der Waals surface area contributed by atoms with Crippen molar-refractivity contribution in [1.29, 1.82) is 0 Å². The average Bonchev–Trinajstić information content (AvgIpc) is 3.01. The lowest BCUT2D eigenvalue weighted by Gasteiger charge is -2.07. The summed E-state index contributed by atoms with van der Waals surface area (Å²) >= 11 is 0. The van der Waals surface area contributed by atoms with Crippen LogP contribution in [0.3, 0.4) is 0 Å². The van der Waals surface area contributed by atoms with Gasteiger partial charge in [-0.3, -0.25) is 4.79 Å². The van der Waals surface area contributed by atoms with Crippen LogP contribution in [0.1, 0.15) is 18.6 Å². The summed E-state index contributed by atoms with van der Waals surface area (Å²) in [6, 6.07) is 9.76. The molecule has 1 aliphatic rings. The average molecular weight is 321 g/mol. The van der Waals surface area contributed by atoms with Gasteiger partial charge in [0.05, 0.1) is 11.5 Å². The summed E-state index contributed by atoms with van der Waals surface area (Å²) in [5.41, 5.74) is 0.847. The van der Waals surface area contributed by atoms with Crippen LogP contribution in [0.15, 0.2) is 34.7 Å². The SMILES string of the molecule is O=C(C[C@H]1CCS(=O)(=O)C1)NCCc1cc2ccccc2o1. The lowest BCUT2D eigenvalue weighted by atomic mass is 10.1. The molecule has 6 heteroatoms. The second-order valence-corrected chi connectivity index (χ2v) is 8.05. The molecule has 1 saturated heterocycles. The topological polar surface area (TPSA) is 76.4 Å². The molecule has 2 aromatic rings. The third-order valence-corrected chi connectivity index (χ3v) is 5.81. The molecule has 1 atom stereocenters. The van der Waals surface area contributed by atoms with Gasteiger partial charge in [0.25, 0.3) is 0 Å². The maximum atomic E-state index is 11.8. The highest BCUT2D eigenvalue weighted by molar-refractivity contribution is 7.91. The minimum Gasteiger partial charge on any atom is -0.461 e. The molecule has 3 rings (SSSR count). The predicted molar refractivity (Wildman–Crippen MR) is 84.3 cm³/mol. The van der Waals surface area contributed by atoms with Gasteiger partial charge in [-0.05, 0) is 24.5 Å². The van der Waals surface area contributed by atoms with Crippen LogP contribution in [0.4, 0.5) is 0 Å². The second kappa shape index (κ2) is 6.12. The molecule has 1 fully saturated rings. The Hall–Kier alpha value is -1.82. The summed E-state index contributed by atoms with van der Waals surface area (Å²) in [7, 11) is -2.91. The summed E-state index contributed by atoms with van der Waals surface area (Å²) in [6.07, 6.45) is 1.52. The summed E-state index contributed by atoms with van der Waals surface area (Å²) in [5, 5.41) is 3.89. The van der Waals surface area contributed by atoms with Crippen LogP contribution in [-0.2, 0) is 21.1 Å². The highest BCUT2D eigenvalue weighted by Gasteiger charge is 2.29. The molecule has 22 heavy (non-hydrogen) atoms. The smallest absolute Gasteiger partial charge is 0.220 e. The number of furan rings is 1. The maximum Gasteiger partial charge on any atom is 0.220 e. The third kappa shape index (κ3) is 3.68. The van der Waals surface area contributed by atoms with Crippen molar-refractivity contribution in [2.45, 2.75) is 19.3 Å². The van der Waals surface area contributed by atoms with E-state index in [0.717, 1.165) is 16.7 Å². The molecule has 1 aromatic heterocycles. The Balaban J connectivity index is 1.45. The minimum absolute atomic E-state index is 0.0313. The molecule has 1 N–H and O–H groups in total.